The molecule has 0 fully saturated rings. The van der Waals surface area contributed by atoms with Crippen molar-refractivity contribution in [1.82, 2.24) is 5.32 Å². The highest BCUT2D eigenvalue weighted by atomic mass is 16.6. The van der Waals surface area contributed by atoms with Crippen LogP contribution in [0.1, 0.15) is 31.9 Å². The molecule has 4 nitrogen and oxygen atoms in total. The zero-order chi connectivity index (χ0) is 14.5. The van der Waals surface area contributed by atoms with E-state index in [9.17, 15) is 9.90 Å². The number of carbonyl (C=O) groups is 1. The summed E-state index contributed by atoms with van der Waals surface area (Å²) in [5.41, 5.74) is 1.72. The van der Waals surface area contributed by atoms with Crippen molar-refractivity contribution in [1.29, 1.82) is 0 Å². The summed E-state index contributed by atoms with van der Waals surface area (Å²) in [7, 11) is 0. The average molecular weight is 265 g/mol. The molecule has 0 unspecified atom stereocenters. The first-order chi connectivity index (χ1) is 8.80. The minimum Gasteiger partial charge on any atom is -0.444 e. The van der Waals surface area contributed by atoms with E-state index in [4.69, 9.17) is 4.74 Å². The summed E-state index contributed by atoms with van der Waals surface area (Å²) in [5.74, 6) is 0. The van der Waals surface area contributed by atoms with Crippen LogP contribution in [0.15, 0.2) is 24.3 Å². The zero-order valence-electron chi connectivity index (χ0n) is 12.1. The molecule has 2 N–H and O–H groups in total. The third-order valence-corrected chi connectivity index (χ3v) is 2.54. The predicted molar refractivity (Wildman–Crippen MR) is 75.1 cm³/mol. The maximum absolute atomic E-state index is 11.6. The highest BCUT2D eigenvalue weighted by Crippen LogP contribution is 2.09. The third-order valence-electron chi connectivity index (χ3n) is 2.54. The summed E-state index contributed by atoms with van der Waals surface area (Å²) in [5, 5.41) is 12.0. The monoisotopic (exact) mass is 265 g/mol. The van der Waals surface area contributed by atoms with Crippen LogP contribution in [0.4, 0.5) is 4.79 Å². The van der Waals surface area contributed by atoms with E-state index < -0.39 is 11.7 Å². The lowest BCUT2D eigenvalue weighted by atomic mass is 10.1. The van der Waals surface area contributed by atoms with Crippen LogP contribution in [0.2, 0.25) is 0 Å². The van der Waals surface area contributed by atoms with Crippen molar-refractivity contribution in [3.63, 3.8) is 0 Å². The fraction of sp³-hybridized carbons (Fsp3) is 0.533. The number of aliphatic hydroxyl groups is 1. The van der Waals surface area contributed by atoms with Crippen molar-refractivity contribution in [3.8, 4) is 0 Å². The second-order valence-electron chi connectivity index (χ2n) is 5.72. The number of benzene rings is 1. The van der Waals surface area contributed by atoms with Crippen LogP contribution in [-0.2, 0) is 11.2 Å². The molecule has 19 heavy (non-hydrogen) atoms. The van der Waals surface area contributed by atoms with Crippen LogP contribution in [-0.4, -0.2) is 29.4 Å². The van der Waals surface area contributed by atoms with Gasteiger partial charge in [0.25, 0.3) is 0 Å². The summed E-state index contributed by atoms with van der Waals surface area (Å²) in [4.78, 5) is 11.6. The highest BCUT2D eigenvalue weighted by Gasteiger charge is 2.19. The van der Waals surface area contributed by atoms with E-state index >= 15 is 0 Å². The van der Waals surface area contributed by atoms with Crippen molar-refractivity contribution < 1.29 is 14.6 Å². The van der Waals surface area contributed by atoms with E-state index in [0.29, 0.717) is 6.42 Å². The molecule has 106 valence electrons. The van der Waals surface area contributed by atoms with Crippen molar-refractivity contribution in [2.45, 2.75) is 45.8 Å². The number of ether oxygens (including phenoxy) is 1. The van der Waals surface area contributed by atoms with Gasteiger partial charge in [-0.3, -0.25) is 0 Å². The van der Waals surface area contributed by atoms with Gasteiger partial charge in [-0.15, -0.1) is 0 Å². The SMILES string of the molecule is Cc1ccc(C[C@H](CO)NC(=O)OC(C)(C)C)cc1. The van der Waals surface area contributed by atoms with Crippen LogP contribution < -0.4 is 5.32 Å². The summed E-state index contributed by atoms with van der Waals surface area (Å²) < 4.78 is 5.17. The molecule has 0 aliphatic heterocycles. The van der Waals surface area contributed by atoms with Crippen LogP contribution in [0.3, 0.4) is 0 Å². The van der Waals surface area contributed by atoms with Gasteiger partial charge in [-0.25, -0.2) is 4.79 Å². The lowest BCUT2D eigenvalue weighted by molar-refractivity contribution is 0.0483. The van der Waals surface area contributed by atoms with Gasteiger partial charge in [0.15, 0.2) is 0 Å². The summed E-state index contributed by atoms with van der Waals surface area (Å²) in [6.07, 6.45) is 0.0781. The number of carbonyl (C=O) groups excluding carboxylic acids is 1. The van der Waals surface area contributed by atoms with Crippen molar-refractivity contribution in [3.05, 3.63) is 35.4 Å². The van der Waals surface area contributed by atoms with Crippen LogP contribution in [0.25, 0.3) is 0 Å². The van der Waals surface area contributed by atoms with Gasteiger partial charge < -0.3 is 15.2 Å². The Balaban J connectivity index is 2.54. The molecule has 1 rings (SSSR count). The van der Waals surface area contributed by atoms with Crippen molar-refractivity contribution in [2.75, 3.05) is 6.61 Å². The Labute approximate surface area is 114 Å². The van der Waals surface area contributed by atoms with Gasteiger partial charge in [-0.05, 0) is 39.7 Å². The molecule has 0 radical (unpaired) electrons. The first-order valence-electron chi connectivity index (χ1n) is 6.46. The van der Waals surface area contributed by atoms with Gasteiger partial charge >= 0.3 is 6.09 Å². The topological polar surface area (TPSA) is 58.6 Å². The minimum atomic E-state index is -0.534. The number of hydrogen-bond acceptors (Lipinski definition) is 3. The summed E-state index contributed by atoms with van der Waals surface area (Å²) in [6.45, 7) is 7.32. The number of nitrogens with one attached hydrogen (secondary N) is 1. The Morgan fingerprint density at radius 2 is 1.89 bits per heavy atom. The van der Waals surface area contributed by atoms with E-state index in [1.165, 1.54) is 5.56 Å². The first-order valence-corrected chi connectivity index (χ1v) is 6.46. The molecule has 0 aliphatic carbocycles. The smallest absolute Gasteiger partial charge is 0.407 e. The molecule has 0 saturated carbocycles. The number of rotatable bonds is 4. The van der Waals surface area contributed by atoms with Crippen LogP contribution in [0.5, 0.6) is 0 Å². The van der Waals surface area contributed by atoms with Gasteiger partial charge in [-0.2, -0.15) is 0 Å². The van der Waals surface area contributed by atoms with E-state index in [-0.39, 0.29) is 12.6 Å². The van der Waals surface area contributed by atoms with Gasteiger partial charge in [0.1, 0.15) is 5.60 Å². The van der Waals surface area contributed by atoms with Gasteiger partial charge in [0.2, 0.25) is 0 Å². The third kappa shape index (κ3) is 6.25. The molecule has 0 spiro atoms. The average Bonchev–Trinajstić information content (AvgIpc) is 2.28. The molecule has 0 saturated heterocycles. The van der Waals surface area contributed by atoms with Gasteiger partial charge in [-0.1, -0.05) is 29.8 Å². The first kappa shape index (κ1) is 15.5. The Morgan fingerprint density at radius 1 is 1.32 bits per heavy atom. The zero-order valence-corrected chi connectivity index (χ0v) is 12.1. The molecule has 1 atom stereocenters. The molecule has 1 aromatic carbocycles. The molecule has 1 amide bonds. The summed E-state index contributed by atoms with van der Waals surface area (Å²) in [6, 6.07) is 7.68. The number of alkyl carbamates (subject to hydrolysis) is 1. The molecular weight excluding hydrogens is 242 g/mol. The lowest BCUT2D eigenvalue weighted by Gasteiger charge is -2.22. The molecule has 0 bridgehead atoms. The number of hydrogen-bond donors (Lipinski definition) is 2. The minimum absolute atomic E-state index is 0.118. The molecule has 1 aromatic rings. The number of amides is 1. The Kier molecular flexibility index (Phi) is 5.36. The number of aliphatic hydroxyl groups excluding tert-OH is 1. The van der Waals surface area contributed by atoms with Gasteiger partial charge in [0.05, 0.1) is 12.6 Å². The quantitative estimate of drug-likeness (QED) is 0.879. The maximum atomic E-state index is 11.6. The fourth-order valence-electron chi connectivity index (χ4n) is 1.64. The van der Waals surface area contributed by atoms with Crippen molar-refractivity contribution >= 4 is 6.09 Å². The van der Waals surface area contributed by atoms with Crippen molar-refractivity contribution in [2.24, 2.45) is 0 Å². The molecular formula is C15H23NO3. The Hall–Kier alpha value is -1.55. The second kappa shape index (κ2) is 6.57. The van der Waals surface area contributed by atoms with Crippen LogP contribution in [0, 0.1) is 6.92 Å². The van der Waals surface area contributed by atoms with E-state index in [1.807, 2.05) is 31.2 Å². The Morgan fingerprint density at radius 3 is 2.37 bits per heavy atom. The normalized spacial score (nSPS) is 12.9. The second-order valence-corrected chi connectivity index (χ2v) is 5.72. The largest absolute Gasteiger partial charge is 0.444 e. The molecule has 0 heterocycles. The molecule has 4 heteroatoms. The van der Waals surface area contributed by atoms with E-state index in [0.717, 1.165) is 5.56 Å². The van der Waals surface area contributed by atoms with E-state index in [1.54, 1.807) is 20.8 Å². The maximum Gasteiger partial charge on any atom is 0.407 e. The molecule has 0 aromatic heterocycles. The highest BCUT2D eigenvalue weighted by molar-refractivity contribution is 5.68. The molecule has 0 aliphatic rings. The lowest BCUT2D eigenvalue weighted by Crippen LogP contribution is -2.42. The predicted octanol–water partition coefficient (Wildman–Crippen LogP) is 2.42. The van der Waals surface area contributed by atoms with E-state index in [2.05, 4.69) is 5.32 Å². The fourth-order valence-corrected chi connectivity index (χ4v) is 1.64. The Bertz CT molecular complexity index is 406. The number of aryl methyl sites for hydroxylation is 1. The standard InChI is InChI=1S/C15H23NO3/c1-11-5-7-12(8-6-11)9-13(10-17)16-14(18)19-15(2,3)4/h5-8,13,17H,9-10H2,1-4H3,(H,16,18)/t13-/m1/s1. The van der Waals surface area contributed by atoms with Gasteiger partial charge in [0, 0.05) is 0 Å². The summed E-state index contributed by atoms with van der Waals surface area (Å²) >= 11 is 0. The van der Waals surface area contributed by atoms with Crippen LogP contribution >= 0.6 is 0 Å².